The molecule has 3 atom stereocenters. The SMILES string of the molecule is CC(C)(C)C[C@H](NC(=O)C(=O)Nc1cccc(C(F)(F)F)c1)C(=O)N[C@@H](CC1CCCNC1=O)C(=O)CO. The van der Waals surface area contributed by atoms with E-state index >= 15 is 0 Å². The van der Waals surface area contributed by atoms with Gasteiger partial charge in [-0.15, -0.1) is 0 Å². The van der Waals surface area contributed by atoms with Gasteiger partial charge in [0, 0.05) is 18.2 Å². The van der Waals surface area contributed by atoms with Crippen LogP contribution in [0.4, 0.5) is 18.9 Å². The fourth-order valence-corrected chi connectivity index (χ4v) is 4.00. The van der Waals surface area contributed by atoms with Gasteiger partial charge in [0.1, 0.15) is 12.6 Å². The summed E-state index contributed by atoms with van der Waals surface area (Å²) in [7, 11) is 0. The van der Waals surface area contributed by atoms with Crippen molar-refractivity contribution in [3.8, 4) is 0 Å². The van der Waals surface area contributed by atoms with Gasteiger partial charge in [-0.25, -0.2) is 0 Å². The van der Waals surface area contributed by atoms with Crippen LogP contribution in [0.1, 0.15) is 52.0 Å². The maximum Gasteiger partial charge on any atom is 0.416 e. The highest BCUT2D eigenvalue weighted by atomic mass is 19.4. The van der Waals surface area contributed by atoms with Crippen molar-refractivity contribution in [3.63, 3.8) is 0 Å². The minimum Gasteiger partial charge on any atom is -0.389 e. The number of anilines is 1. The van der Waals surface area contributed by atoms with Crippen LogP contribution in [-0.4, -0.2) is 59.8 Å². The molecule has 38 heavy (non-hydrogen) atoms. The average Bonchev–Trinajstić information content (AvgIpc) is 2.82. The van der Waals surface area contributed by atoms with E-state index in [0.717, 1.165) is 12.1 Å². The van der Waals surface area contributed by atoms with Crippen LogP contribution < -0.4 is 21.3 Å². The Morgan fingerprint density at radius 1 is 1.08 bits per heavy atom. The molecule has 1 unspecified atom stereocenters. The van der Waals surface area contributed by atoms with Gasteiger partial charge < -0.3 is 26.4 Å². The Hall–Kier alpha value is -3.48. The molecule has 0 aliphatic carbocycles. The number of piperidine rings is 1. The van der Waals surface area contributed by atoms with Crippen molar-refractivity contribution in [1.82, 2.24) is 16.0 Å². The van der Waals surface area contributed by atoms with Crippen LogP contribution in [0.3, 0.4) is 0 Å². The summed E-state index contributed by atoms with van der Waals surface area (Å²) in [5.74, 6) is -4.94. The average molecular weight is 543 g/mol. The molecule has 210 valence electrons. The molecule has 1 heterocycles. The minimum atomic E-state index is -4.65. The highest BCUT2D eigenvalue weighted by molar-refractivity contribution is 6.40. The first-order chi connectivity index (χ1) is 17.6. The lowest BCUT2D eigenvalue weighted by Crippen LogP contribution is -2.55. The number of ketones is 1. The van der Waals surface area contributed by atoms with Crippen molar-refractivity contribution in [3.05, 3.63) is 29.8 Å². The summed E-state index contributed by atoms with van der Waals surface area (Å²) in [5, 5.41) is 18.9. The molecule has 0 bridgehead atoms. The Bertz CT molecular complexity index is 1050. The quantitative estimate of drug-likeness (QED) is 0.298. The molecule has 0 saturated carbocycles. The number of alkyl halides is 3. The van der Waals surface area contributed by atoms with Gasteiger partial charge in [0.05, 0.1) is 11.6 Å². The van der Waals surface area contributed by atoms with E-state index in [1.807, 2.05) is 0 Å². The summed E-state index contributed by atoms with van der Waals surface area (Å²) in [6, 6.07) is 1.20. The van der Waals surface area contributed by atoms with Crippen LogP contribution in [0.5, 0.6) is 0 Å². The predicted octanol–water partition coefficient (Wildman–Crippen LogP) is 1.53. The van der Waals surface area contributed by atoms with Gasteiger partial charge in [-0.3, -0.25) is 24.0 Å². The lowest BCUT2D eigenvalue weighted by molar-refractivity contribution is -0.139. The van der Waals surface area contributed by atoms with Gasteiger partial charge in [0.25, 0.3) is 0 Å². The zero-order chi connectivity index (χ0) is 28.7. The fourth-order valence-electron chi connectivity index (χ4n) is 4.00. The van der Waals surface area contributed by atoms with Crippen molar-refractivity contribution in [2.45, 2.75) is 64.7 Å². The number of aliphatic hydroxyl groups is 1. The van der Waals surface area contributed by atoms with Gasteiger partial charge in [-0.1, -0.05) is 26.8 Å². The first-order valence-electron chi connectivity index (χ1n) is 12.1. The van der Waals surface area contributed by atoms with Gasteiger partial charge in [-0.2, -0.15) is 13.2 Å². The zero-order valence-corrected chi connectivity index (χ0v) is 21.4. The van der Waals surface area contributed by atoms with E-state index in [9.17, 15) is 42.3 Å². The van der Waals surface area contributed by atoms with Gasteiger partial charge in [0.15, 0.2) is 5.78 Å². The number of carbonyl (C=O) groups is 5. The first-order valence-corrected chi connectivity index (χ1v) is 12.1. The second-order valence-electron chi connectivity index (χ2n) is 10.4. The van der Waals surface area contributed by atoms with E-state index in [-0.39, 0.29) is 24.4 Å². The first kappa shape index (κ1) is 30.7. The third kappa shape index (κ3) is 9.43. The largest absolute Gasteiger partial charge is 0.416 e. The van der Waals surface area contributed by atoms with Crippen molar-refractivity contribution in [2.75, 3.05) is 18.5 Å². The van der Waals surface area contributed by atoms with Crippen LogP contribution in [0, 0.1) is 11.3 Å². The van der Waals surface area contributed by atoms with Crippen molar-refractivity contribution < 1.29 is 42.3 Å². The van der Waals surface area contributed by atoms with Crippen LogP contribution in [0.15, 0.2) is 24.3 Å². The van der Waals surface area contributed by atoms with Crippen LogP contribution in [-0.2, 0) is 30.1 Å². The minimum absolute atomic E-state index is 0.0331. The summed E-state index contributed by atoms with van der Waals surface area (Å²) < 4.78 is 38.8. The predicted molar refractivity (Wildman–Crippen MR) is 130 cm³/mol. The number of Topliss-reactive ketones (excluding diaryl/α,β-unsaturated/α-hetero) is 1. The van der Waals surface area contributed by atoms with E-state index in [2.05, 4.69) is 21.3 Å². The Balaban J connectivity index is 2.15. The van der Waals surface area contributed by atoms with Crippen molar-refractivity contribution >= 4 is 35.1 Å². The Morgan fingerprint density at radius 2 is 1.76 bits per heavy atom. The summed E-state index contributed by atoms with van der Waals surface area (Å²) in [4.78, 5) is 62.6. The highest BCUT2D eigenvalue weighted by Crippen LogP contribution is 2.30. The second-order valence-corrected chi connectivity index (χ2v) is 10.4. The van der Waals surface area contributed by atoms with E-state index < -0.39 is 65.3 Å². The molecule has 5 N–H and O–H groups in total. The molecular weight excluding hydrogens is 509 g/mol. The second kappa shape index (κ2) is 12.9. The molecule has 1 aliphatic rings. The van der Waals surface area contributed by atoms with E-state index in [1.54, 1.807) is 20.8 Å². The molecule has 1 aliphatic heterocycles. The Kier molecular flexibility index (Phi) is 10.4. The summed E-state index contributed by atoms with van der Waals surface area (Å²) >= 11 is 0. The van der Waals surface area contributed by atoms with Gasteiger partial charge >= 0.3 is 18.0 Å². The standard InChI is InChI=1S/C25H33F3N4O6/c1-24(2,3)12-18(21(36)31-17(19(34)13-33)10-14-6-5-9-29-20(14)35)32-23(38)22(37)30-16-8-4-7-15(11-16)25(26,27)28/h4,7-8,11,14,17-18,33H,5-6,9-10,12-13H2,1-3H3,(H,29,35)(H,30,37)(H,31,36)(H,32,38)/t14?,17-,18-/m0/s1. The number of nitrogens with one attached hydrogen (secondary N) is 4. The molecule has 4 amide bonds. The number of carbonyl (C=O) groups excluding carboxylic acids is 5. The van der Waals surface area contributed by atoms with Crippen LogP contribution >= 0.6 is 0 Å². The lowest BCUT2D eigenvalue weighted by Gasteiger charge is -2.29. The number of hydrogen-bond donors (Lipinski definition) is 5. The fraction of sp³-hybridized carbons (Fsp3) is 0.560. The summed E-state index contributed by atoms with van der Waals surface area (Å²) in [5.41, 5.74) is -1.82. The van der Waals surface area contributed by atoms with E-state index in [4.69, 9.17) is 0 Å². The molecule has 1 aromatic carbocycles. The molecule has 1 aromatic rings. The normalized spacial score (nSPS) is 17.6. The van der Waals surface area contributed by atoms with Gasteiger partial charge in [0.2, 0.25) is 11.8 Å². The molecule has 1 fully saturated rings. The lowest BCUT2D eigenvalue weighted by atomic mass is 9.87. The molecule has 2 rings (SSSR count). The Labute approximate surface area is 218 Å². The number of benzene rings is 1. The number of rotatable bonds is 9. The number of hydrogen-bond acceptors (Lipinski definition) is 6. The molecule has 13 heteroatoms. The topological polar surface area (TPSA) is 154 Å². The zero-order valence-electron chi connectivity index (χ0n) is 21.4. The third-order valence-corrected chi connectivity index (χ3v) is 5.87. The van der Waals surface area contributed by atoms with Crippen molar-refractivity contribution in [1.29, 1.82) is 0 Å². The molecule has 0 aromatic heterocycles. The number of amides is 4. The molecule has 10 nitrogen and oxygen atoms in total. The van der Waals surface area contributed by atoms with Crippen molar-refractivity contribution in [2.24, 2.45) is 11.3 Å². The summed E-state index contributed by atoms with van der Waals surface area (Å²) in [6.07, 6.45) is -3.49. The Morgan fingerprint density at radius 3 is 2.34 bits per heavy atom. The molecule has 0 radical (unpaired) electrons. The van der Waals surface area contributed by atoms with E-state index in [1.165, 1.54) is 6.07 Å². The maximum atomic E-state index is 13.1. The van der Waals surface area contributed by atoms with Crippen LogP contribution in [0.25, 0.3) is 0 Å². The third-order valence-electron chi connectivity index (χ3n) is 5.87. The maximum absolute atomic E-state index is 13.1. The molecule has 1 saturated heterocycles. The monoisotopic (exact) mass is 542 g/mol. The number of halogens is 3. The van der Waals surface area contributed by atoms with Crippen LogP contribution in [0.2, 0.25) is 0 Å². The smallest absolute Gasteiger partial charge is 0.389 e. The van der Waals surface area contributed by atoms with E-state index in [0.29, 0.717) is 25.5 Å². The molecular formula is C25H33F3N4O6. The molecule has 0 spiro atoms. The highest BCUT2D eigenvalue weighted by Gasteiger charge is 2.34. The summed E-state index contributed by atoms with van der Waals surface area (Å²) in [6.45, 7) is 4.93. The van der Waals surface area contributed by atoms with Gasteiger partial charge in [-0.05, 0) is 49.3 Å². The number of aliphatic hydroxyl groups excluding tert-OH is 1.